The molecule has 0 heterocycles. The van der Waals surface area contributed by atoms with Crippen molar-refractivity contribution in [2.24, 2.45) is 5.92 Å². The molecule has 23 heavy (non-hydrogen) atoms. The maximum atomic E-state index is 12.0. The summed E-state index contributed by atoms with van der Waals surface area (Å²) in [5, 5.41) is 11.2. The summed E-state index contributed by atoms with van der Waals surface area (Å²) in [6, 6.07) is 18.9. The predicted molar refractivity (Wildman–Crippen MR) is 84.1 cm³/mol. The van der Waals surface area contributed by atoms with Crippen molar-refractivity contribution in [3.63, 3.8) is 0 Å². The Hall–Kier alpha value is -2.62. The van der Waals surface area contributed by atoms with E-state index < -0.39 is 17.9 Å². The monoisotopic (exact) mass is 311 g/mol. The first-order chi connectivity index (χ1) is 11.2. The summed E-state index contributed by atoms with van der Waals surface area (Å²) < 4.78 is 5.09. The van der Waals surface area contributed by atoms with E-state index in [0.29, 0.717) is 6.42 Å². The molecule has 1 atom stereocenters. The molecule has 0 aromatic heterocycles. The molecule has 0 saturated heterocycles. The van der Waals surface area contributed by atoms with Gasteiger partial charge in [-0.15, -0.1) is 0 Å². The fraction of sp³-hybridized carbons (Fsp3) is 0.263. The van der Waals surface area contributed by atoms with E-state index in [1.54, 1.807) is 0 Å². The Labute approximate surface area is 135 Å². The van der Waals surface area contributed by atoms with Crippen LogP contribution in [-0.4, -0.2) is 11.9 Å². The fourth-order valence-electron chi connectivity index (χ4n) is 2.32. The normalized spacial score (nSPS) is 11.7. The molecule has 2 aromatic rings. The Morgan fingerprint density at radius 2 is 1.48 bits per heavy atom. The third kappa shape index (κ3) is 5.58. The van der Waals surface area contributed by atoms with Gasteiger partial charge in [0.15, 0.2) is 0 Å². The lowest BCUT2D eigenvalue weighted by Gasteiger charge is -2.17. The highest BCUT2D eigenvalue weighted by molar-refractivity contribution is 5.92. The number of carboxylic acids is 1. The van der Waals surface area contributed by atoms with Gasteiger partial charge in [-0.25, -0.2) is 0 Å². The molecule has 0 saturated carbocycles. The summed E-state index contributed by atoms with van der Waals surface area (Å²) in [4.78, 5) is 23.1. The molecular weight excluding hydrogens is 292 g/mol. The third-order valence-corrected chi connectivity index (χ3v) is 3.59. The van der Waals surface area contributed by atoms with E-state index in [2.05, 4.69) is 0 Å². The Balaban J connectivity index is 1.82. The van der Waals surface area contributed by atoms with Crippen LogP contribution in [0.25, 0.3) is 0 Å². The highest BCUT2D eigenvalue weighted by atomic mass is 16.5. The zero-order valence-electron chi connectivity index (χ0n) is 12.8. The van der Waals surface area contributed by atoms with Crippen LogP contribution < -0.4 is 5.11 Å². The SMILES string of the molecule is O=C([O-])C(CCCc1ccccc1)C(=O)OCc1ccccc1. The average Bonchev–Trinajstić information content (AvgIpc) is 2.58. The number of esters is 1. The largest absolute Gasteiger partial charge is 0.549 e. The van der Waals surface area contributed by atoms with Crippen LogP contribution in [0.1, 0.15) is 24.0 Å². The molecular formula is C19H19O4-. The van der Waals surface area contributed by atoms with E-state index in [4.69, 9.17) is 4.74 Å². The minimum absolute atomic E-state index is 0.0716. The maximum absolute atomic E-state index is 12.0. The van der Waals surface area contributed by atoms with Gasteiger partial charge >= 0.3 is 5.97 Å². The van der Waals surface area contributed by atoms with Gasteiger partial charge in [0.1, 0.15) is 6.61 Å². The summed E-state index contributed by atoms with van der Waals surface area (Å²) in [5.74, 6) is -3.33. The minimum atomic E-state index is -1.38. The lowest BCUT2D eigenvalue weighted by Crippen LogP contribution is -2.37. The van der Waals surface area contributed by atoms with Crippen molar-refractivity contribution in [1.29, 1.82) is 0 Å². The van der Waals surface area contributed by atoms with E-state index in [1.165, 1.54) is 0 Å². The van der Waals surface area contributed by atoms with Crippen molar-refractivity contribution < 1.29 is 19.4 Å². The zero-order valence-corrected chi connectivity index (χ0v) is 12.8. The number of carbonyl (C=O) groups excluding carboxylic acids is 2. The zero-order chi connectivity index (χ0) is 16.5. The average molecular weight is 311 g/mol. The number of hydrogen-bond donors (Lipinski definition) is 0. The molecule has 0 aliphatic rings. The van der Waals surface area contributed by atoms with Crippen molar-refractivity contribution in [3.05, 3.63) is 71.8 Å². The van der Waals surface area contributed by atoms with Gasteiger partial charge in [0.25, 0.3) is 0 Å². The van der Waals surface area contributed by atoms with Crippen molar-refractivity contribution in [1.82, 2.24) is 0 Å². The molecule has 0 N–H and O–H groups in total. The van der Waals surface area contributed by atoms with E-state index in [1.807, 2.05) is 60.7 Å². The van der Waals surface area contributed by atoms with Gasteiger partial charge in [-0.3, -0.25) is 4.79 Å². The van der Waals surface area contributed by atoms with Gasteiger partial charge in [-0.1, -0.05) is 60.7 Å². The second kappa shape index (κ2) is 8.73. The second-order valence-electron chi connectivity index (χ2n) is 5.34. The Bertz CT molecular complexity index is 622. The van der Waals surface area contributed by atoms with Gasteiger partial charge < -0.3 is 14.6 Å². The van der Waals surface area contributed by atoms with Crippen molar-refractivity contribution in [3.8, 4) is 0 Å². The van der Waals surface area contributed by atoms with E-state index >= 15 is 0 Å². The number of rotatable bonds is 8. The molecule has 2 aromatic carbocycles. The summed E-state index contributed by atoms with van der Waals surface area (Å²) in [7, 11) is 0. The van der Waals surface area contributed by atoms with Crippen LogP contribution >= 0.6 is 0 Å². The molecule has 0 aliphatic heterocycles. The standard InChI is InChI=1S/C19H20O4/c20-18(21)17(13-7-12-15-8-3-1-4-9-15)19(22)23-14-16-10-5-2-6-11-16/h1-6,8-11,17H,7,12-14H2,(H,20,21)/p-1. The van der Waals surface area contributed by atoms with Crippen molar-refractivity contribution in [2.45, 2.75) is 25.9 Å². The second-order valence-corrected chi connectivity index (χ2v) is 5.34. The summed E-state index contributed by atoms with van der Waals surface area (Å²) in [6.45, 7) is 0.0716. The molecule has 2 rings (SSSR count). The van der Waals surface area contributed by atoms with Gasteiger partial charge in [0.2, 0.25) is 0 Å². The molecule has 4 heteroatoms. The highest BCUT2D eigenvalue weighted by Gasteiger charge is 2.21. The molecule has 0 bridgehead atoms. The van der Waals surface area contributed by atoms with Gasteiger partial charge in [-0.2, -0.15) is 0 Å². The van der Waals surface area contributed by atoms with Crippen LogP contribution in [0.5, 0.6) is 0 Å². The van der Waals surface area contributed by atoms with E-state index in [-0.39, 0.29) is 13.0 Å². The highest BCUT2D eigenvalue weighted by Crippen LogP contribution is 2.13. The number of carbonyl (C=O) groups is 2. The topological polar surface area (TPSA) is 66.4 Å². The third-order valence-electron chi connectivity index (χ3n) is 3.59. The summed E-state index contributed by atoms with van der Waals surface area (Å²) in [6.07, 6.45) is 1.52. The summed E-state index contributed by atoms with van der Waals surface area (Å²) >= 11 is 0. The molecule has 0 fully saturated rings. The van der Waals surface area contributed by atoms with Crippen molar-refractivity contribution in [2.75, 3.05) is 0 Å². The van der Waals surface area contributed by atoms with Gasteiger partial charge in [0, 0.05) is 0 Å². The van der Waals surface area contributed by atoms with Gasteiger partial charge in [0.05, 0.1) is 11.9 Å². The molecule has 0 spiro atoms. The fourth-order valence-corrected chi connectivity index (χ4v) is 2.32. The Kier molecular flexibility index (Phi) is 6.36. The smallest absolute Gasteiger partial charge is 0.315 e. The van der Waals surface area contributed by atoms with Crippen LogP contribution in [0.2, 0.25) is 0 Å². The van der Waals surface area contributed by atoms with Crippen LogP contribution in [0.15, 0.2) is 60.7 Å². The number of carboxylic acid groups (broad SMARTS) is 1. The lowest BCUT2D eigenvalue weighted by atomic mass is 10.00. The number of benzene rings is 2. The maximum Gasteiger partial charge on any atom is 0.315 e. The van der Waals surface area contributed by atoms with Crippen LogP contribution in [0.4, 0.5) is 0 Å². The number of aliphatic carboxylic acids is 1. The number of aryl methyl sites for hydroxylation is 1. The molecule has 4 nitrogen and oxygen atoms in total. The quantitative estimate of drug-likeness (QED) is 0.553. The van der Waals surface area contributed by atoms with E-state index in [9.17, 15) is 14.7 Å². The number of ether oxygens (including phenoxy) is 1. The van der Waals surface area contributed by atoms with E-state index in [0.717, 1.165) is 17.5 Å². The predicted octanol–water partition coefficient (Wildman–Crippen LogP) is 2.12. The number of hydrogen-bond acceptors (Lipinski definition) is 4. The van der Waals surface area contributed by atoms with Crippen LogP contribution in [-0.2, 0) is 27.4 Å². The first-order valence-corrected chi connectivity index (χ1v) is 7.62. The lowest BCUT2D eigenvalue weighted by molar-refractivity contribution is -0.311. The van der Waals surface area contributed by atoms with Gasteiger partial charge in [-0.05, 0) is 30.4 Å². The van der Waals surface area contributed by atoms with Crippen LogP contribution in [0, 0.1) is 5.92 Å². The molecule has 0 radical (unpaired) electrons. The Morgan fingerprint density at radius 1 is 0.913 bits per heavy atom. The molecule has 120 valence electrons. The van der Waals surface area contributed by atoms with Crippen LogP contribution in [0.3, 0.4) is 0 Å². The first kappa shape index (κ1) is 16.7. The molecule has 0 aliphatic carbocycles. The minimum Gasteiger partial charge on any atom is -0.549 e. The summed E-state index contributed by atoms with van der Waals surface area (Å²) in [5.41, 5.74) is 1.93. The first-order valence-electron chi connectivity index (χ1n) is 7.62. The molecule has 1 unspecified atom stereocenters. The Morgan fingerprint density at radius 3 is 2.04 bits per heavy atom. The molecule has 0 amide bonds. The van der Waals surface area contributed by atoms with Crippen molar-refractivity contribution >= 4 is 11.9 Å².